The monoisotopic (exact) mass is 439 g/mol. The number of hydrogen-bond donors (Lipinski definition) is 2. The fraction of sp³-hybridized carbons (Fsp3) is 0.400. The average molecular weight is 439 g/mol. The van der Waals surface area contributed by atoms with E-state index >= 15 is 0 Å². The number of alkyl halides is 6. The highest BCUT2D eigenvalue weighted by atomic mass is 19.4. The Balaban J connectivity index is 2.33. The van der Waals surface area contributed by atoms with Crippen LogP contribution in [-0.2, 0) is 22.6 Å². The summed E-state index contributed by atoms with van der Waals surface area (Å²) in [5.74, 6) is -0.514. The predicted octanol–water partition coefficient (Wildman–Crippen LogP) is 5.05. The zero-order valence-corrected chi connectivity index (χ0v) is 16.0. The Kier molecular flexibility index (Phi) is 7.16. The van der Waals surface area contributed by atoms with Crippen LogP contribution in [0.15, 0.2) is 42.5 Å². The summed E-state index contributed by atoms with van der Waals surface area (Å²) in [7, 11) is 1.49. The molecule has 2 aromatic rings. The number of rotatable bonds is 7. The Bertz CT molecular complexity index is 811. The predicted molar refractivity (Wildman–Crippen MR) is 95.0 cm³/mol. The molecule has 166 valence electrons. The van der Waals surface area contributed by atoms with Gasteiger partial charge in [-0.3, -0.25) is 0 Å². The molecule has 2 N–H and O–H groups in total. The molecule has 2 rings (SSSR count). The number of ether oxygens (including phenoxy) is 1. The molecule has 0 aliphatic carbocycles. The SMILES string of the molecule is CN[C@](CO)(CO[C@H](C)c1cc(C(F)(F)F)cc(C(F)(F)F)c1)c1ccc(F)cc1. The van der Waals surface area contributed by atoms with E-state index in [0.29, 0.717) is 17.7 Å². The Morgan fingerprint density at radius 2 is 1.40 bits per heavy atom. The minimum Gasteiger partial charge on any atom is -0.394 e. The van der Waals surface area contributed by atoms with Gasteiger partial charge in [0.25, 0.3) is 0 Å². The summed E-state index contributed by atoms with van der Waals surface area (Å²) < 4.78 is 97.1. The third-order valence-electron chi connectivity index (χ3n) is 4.80. The largest absolute Gasteiger partial charge is 0.416 e. The maximum Gasteiger partial charge on any atom is 0.416 e. The molecule has 0 radical (unpaired) electrons. The molecule has 0 spiro atoms. The molecule has 0 saturated heterocycles. The van der Waals surface area contributed by atoms with E-state index in [2.05, 4.69) is 5.32 Å². The Morgan fingerprint density at radius 3 is 1.80 bits per heavy atom. The van der Waals surface area contributed by atoms with Gasteiger partial charge in [-0.05, 0) is 55.4 Å². The summed E-state index contributed by atoms with van der Waals surface area (Å²) >= 11 is 0. The fourth-order valence-corrected chi connectivity index (χ4v) is 2.86. The smallest absolute Gasteiger partial charge is 0.394 e. The van der Waals surface area contributed by atoms with Gasteiger partial charge in [0.15, 0.2) is 0 Å². The molecular formula is C20H20F7NO2. The summed E-state index contributed by atoms with van der Waals surface area (Å²) in [4.78, 5) is 0. The molecule has 0 amide bonds. The average Bonchev–Trinajstić information content (AvgIpc) is 2.68. The molecule has 0 fully saturated rings. The van der Waals surface area contributed by atoms with Crippen LogP contribution < -0.4 is 5.32 Å². The van der Waals surface area contributed by atoms with Gasteiger partial charge in [0.2, 0.25) is 0 Å². The van der Waals surface area contributed by atoms with E-state index in [-0.39, 0.29) is 18.2 Å². The first-order valence-corrected chi connectivity index (χ1v) is 8.79. The van der Waals surface area contributed by atoms with Crippen molar-refractivity contribution in [3.8, 4) is 0 Å². The first kappa shape index (κ1) is 24.1. The number of aliphatic hydroxyl groups is 1. The highest BCUT2D eigenvalue weighted by molar-refractivity contribution is 5.35. The van der Waals surface area contributed by atoms with Gasteiger partial charge in [-0.25, -0.2) is 4.39 Å². The van der Waals surface area contributed by atoms with E-state index in [1.54, 1.807) is 0 Å². The van der Waals surface area contributed by atoms with Crippen LogP contribution in [0, 0.1) is 5.82 Å². The molecule has 3 nitrogen and oxygen atoms in total. The van der Waals surface area contributed by atoms with Crippen molar-refractivity contribution in [2.45, 2.75) is 30.9 Å². The van der Waals surface area contributed by atoms with Crippen LogP contribution in [0.3, 0.4) is 0 Å². The van der Waals surface area contributed by atoms with Crippen LogP contribution in [0.2, 0.25) is 0 Å². The van der Waals surface area contributed by atoms with Crippen molar-refractivity contribution in [3.05, 3.63) is 70.5 Å². The molecule has 0 saturated carbocycles. The van der Waals surface area contributed by atoms with Gasteiger partial charge in [-0.1, -0.05) is 12.1 Å². The van der Waals surface area contributed by atoms with Gasteiger partial charge in [0.05, 0.1) is 36.0 Å². The summed E-state index contributed by atoms with van der Waals surface area (Å²) in [6, 6.07) is 6.33. The molecule has 0 aromatic heterocycles. The van der Waals surface area contributed by atoms with Crippen molar-refractivity contribution in [3.63, 3.8) is 0 Å². The minimum absolute atomic E-state index is 0.0420. The number of halogens is 7. The second-order valence-electron chi connectivity index (χ2n) is 6.79. The number of hydrogen-bond acceptors (Lipinski definition) is 3. The topological polar surface area (TPSA) is 41.5 Å². The third kappa shape index (κ3) is 5.50. The molecule has 2 atom stereocenters. The van der Waals surface area contributed by atoms with Crippen LogP contribution in [-0.4, -0.2) is 25.4 Å². The minimum atomic E-state index is -4.97. The molecule has 30 heavy (non-hydrogen) atoms. The molecule has 0 aliphatic heterocycles. The van der Waals surface area contributed by atoms with Crippen LogP contribution >= 0.6 is 0 Å². The Labute approximate surface area is 168 Å². The normalized spacial score (nSPS) is 15.7. The third-order valence-corrected chi connectivity index (χ3v) is 4.80. The zero-order valence-electron chi connectivity index (χ0n) is 16.0. The lowest BCUT2D eigenvalue weighted by Crippen LogP contribution is -2.47. The van der Waals surface area contributed by atoms with E-state index in [1.165, 1.54) is 26.1 Å². The van der Waals surface area contributed by atoms with Crippen LogP contribution in [0.4, 0.5) is 30.7 Å². The number of nitrogens with one attached hydrogen (secondary N) is 1. The fourth-order valence-electron chi connectivity index (χ4n) is 2.86. The van der Waals surface area contributed by atoms with Gasteiger partial charge in [0.1, 0.15) is 5.82 Å². The Hall–Kier alpha value is -2.17. The van der Waals surface area contributed by atoms with Crippen molar-refractivity contribution in [1.29, 1.82) is 0 Å². The maximum atomic E-state index is 13.2. The van der Waals surface area contributed by atoms with E-state index in [0.717, 1.165) is 12.1 Å². The molecule has 0 bridgehead atoms. The summed E-state index contributed by atoms with van der Waals surface area (Å²) in [6.07, 6.45) is -11.1. The lowest BCUT2D eigenvalue weighted by atomic mass is 9.91. The van der Waals surface area contributed by atoms with E-state index in [1.807, 2.05) is 0 Å². The number of aliphatic hydroxyl groups excluding tert-OH is 1. The van der Waals surface area contributed by atoms with Gasteiger partial charge in [-0.15, -0.1) is 0 Å². The van der Waals surface area contributed by atoms with Gasteiger partial charge >= 0.3 is 12.4 Å². The summed E-state index contributed by atoms with van der Waals surface area (Å²) in [5.41, 5.74) is -4.01. The van der Waals surface area contributed by atoms with E-state index in [9.17, 15) is 35.8 Å². The molecule has 2 aromatic carbocycles. The molecule has 10 heteroatoms. The first-order chi connectivity index (χ1) is 13.8. The van der Waals surface area contributed by atoms with Crippen molar-refractivity contribution in [2.75, 3.05) is 20.3 Å². The molecule has 0 unspecified atom stereocenters. The van der Waals surface area contributed by atoms with E-state index < -0.39 is 47.5 Å². The molecular weight excluding hydrogens is 419 g/mol. The van der Waals surface area contributed by atoms with Crippen LogP contribution in [0.25, 0.3) is 0 Å². The molecule has 0 heterocycles. The second kappa shape index (κ2) is 8.91. The zero-order chi connectivity index (χ0) is 22.7. The lowest BCUT2D eigenvalue weighted by molar-refractivity contribution is -0.143. The van der Waals surface area contributed by atoms with Gasteiger partial charge < -0.3 is 15.2 Å². The second-order valence-corrected chi connectivity index (χ2v) is 6.79. The maximum absolute atomic E-state index is 13.2. The van der Waals surface area contributed by atoms with Crippen LogP contribution in [0.5, 0.6) is 0 Å². The Morgan fingerprint density at radius 1 is 0.900 bits per heavy atom. The first-order valence-electron chi connectivity index (χ1n) is 8.79. The lowest BCUT2D eigenvalue weighted by Gasteiger charge is -2.33. The molecule has 0 aliphatic rings. The van der Waals surface area contributed by atoms with Crippen LogP contribution in [0.1, 0.15) is 35.3 Å². The summed E-state index contributed by atoms with van der Waals surface area (Å²) in [6.45, 7) is 0.487. The quantitative estimate of drug-likeness (QED) is 0.594. The van der Waals surface area contributed by atoms with E-state index in [4.69, 9.17) is 4.74 Å². The standard InChI is InChI=1S/C20H20F7NO2/c1-12(13-7-15(19(22,23)24)9-16(8-13)20(25,26)27)30-11-18(10-29,28-2)14-3-5-17(21)6-4-14/h3-9,12,28-29H,10-11H2,1-2H3/t12-,18-/m1/s1. The van der Waals surface area contributed by atoms with Crippen molar-refractivity contribution in [1.82, 2.24) is 5.32 Å². The van der Waals surface area contributed by atoms with Gasteiger partial charge in [0, 0.05) is 0 Å². The van der Waals surface area contributed by atoms with Crippen molar-refractivity contribution in [2.24, 2.45) is 0 Å². The van der Waals surface area contributed by atoms with Gasteiger partial charge in [-0.2, -0.15) is 26.3 Å². The highest BCUT2D eigenvalue weighted by Crippen LogP contribution is 2.38. The van der Waals surface area contributed by atoms with Crippen molar-refractivity contribution >= 4 is 0 Å². The number of benzene rings is 2. The van der Waals surface area contributed by atoms with Crippen molar-refractivity contribution < 1.29 is 40.6 Å². The highest BCUT2D eigenvalue weighted by Gasteiger charge is 2.38. The summed E-state index contributed by atoms with van der Waals surface area (Å²) in [5, 5.41) is 12.7. The number of likely N-dealkylation sites (N-methyl/N-ethyl adjacent to an activating group) is 1.